The quantitative estimate of drug-likeness (QED) is 0.660. The molecule has 3 aromatic rings. The topological polar surface area (TPSA) is 63.5 Å². The van der Waals surface area contributed by atoms with Crippen molar-refractivity contribution in [1.29, 1.82) is 0 Å². The van der Waals surface area contributed by atoms with Gasteiger partial charge in [-0.25, -0.2) is 9.37 Å². The molecule has 8 heteroatoms. The zero-order valence-corrected chi connectivity index (χ0v) is 17.2. The summed E-state index contributed by atoms with van der Waals surface area (Å²) in [6.07, 6.45) is 3.36. The van der Waals surface area contributed by atoms with E-state index in [4.69, 9.17) is 9.72 Å². The molecule has 1 atom stereocenters. The Morgan fingerprint density at radius 2 is 1.87 bits per heavy atom. The zero-order chi connectivity index (χ0) is 21.3. The summed E-state index contributed by atoms with van der Waals surface area (Å²) in [5.74, 6) is 0.787. The van der Waals surface area contributed by atoms with E-state index in [2.05, 4.69) is 14.8 Å². The molecule has 0 spiro atoms. The van der Waals surface area contributed by atoms with Crippen LogP contribution in [-0.2, 0) is 7.05 Å². The molecule has 0 saturated carbocycles. The lowest BCUT2D eigenvalue weighted by molar-refractivity contribution is 0.214. The van der Waals surface area contributed by atoms with Crippen LogP contribution in [0.1, 0.15) is 11.6 Å². The molecule has 0 N–H and O–H groups in total. The summed E-state index contributed by atoms with van der Waals surface area (Å²) in [7, 11) is 5.31. The predicted octanol–water partition coefficient (Wildman–Crippen LogP) is 2.48. The van der Waals surface area contributed by atoms with E-state index in [9.17, 15) is 9.18 Å². The predicted molar refractivity (Wildman–Crippen MR) is 113 cm³/mol. The van der Waals surface area contributed by atoms with Crippen molar-refractivity contribution in [1.82, 2.24) is 19.4 Å². The van der Waals surface area contributed by atoms with E-state index >= 15 is 0 Å². The number of hydrogen-bond donors (Lipinski definition) is 0. The first kappa shape index (κ1) is 20.0. The SMILES string of the molecule is COc1cc(F)ccc1[C@@H]1CN(c2nc(-c3ccncc3)cc(=O)n2C)CCN1C. The van der Waals surface area contributed by atoms with Gasteiger partial charge in [0, 0.05) is 62.3 Å². The molecular weight excluding hydrogens is 385 g/mol. The molecule has 7 nitrogen and oxygen atoms in total. The highest BCUT2D eigenvalue weighted by Gasteiger charge is 2.30. The molecular formula is C22H24FN5O2. The van der Waals surface area contributed by atoms with Gasteiger partial charge in [0.05, 0.1) is 18.8 Å². The molecule has 1 aliphatic rings. The molecule has 4 rings (SSSR count). The number of rotatable bonds is 4. The number of methoxy groups -OCH3 is 1. The summed E-state index contributed by atoms with van der Waals surface area (Å²) in [5.41, 5.74) is 2.24. The van der Waals surface area contributed by atoms with Crippen LogP contribution in [-0.4, -0.2) is 53.2 Å². The fraction of sp³-hybridized carbons (Fsp3) is 0.318. The Morgan fingerprint density at radius 3 is 2.60 bits per heavy atom. The van der Waals surface area contributed by atoms with Crippen LogP contribution in [0.15, 0.2) is 53.6 Å². The molecule has 0 aliphatic carbocycles. The smallest absolute Gasteiger partial charge is 0.255 e. The Kier molecular flexibility index (Phi) is 5.50. The number of ether oxygens (including phenoxy) is 1. The lowest BCUT2D eigenvalue weighted by Gasteiger charge is -2.40. The third kappa shape index (κ3) is 3.78. The second-order valence-corrected chi connectivity index (χ2v) is 7.40. The molecule has 0 amide bonds. The van der Waals surface area contributed by atoms with Gasteiger partial charge in [-0.2, -0.15) is 0 Å². The summed E-state index contributed by atoms with van der Waals surface area (Å²) < 4.78 is 20.7. The van der Waals surface area contributed by atoms with Crippen LogP contribution in [0.25, 0.3) is 11.3 Å². The third-order valence-electron chi connectivity index (χ3n) is 5.57. The van der Waals surface area contributed by atoms with Crippen molar-refractivity contribution in [3.8, 4) is 17.0 Å². The molecule has 2 aromatic heterocycles. The fourth-order valence-corrected chi connectivity index (χ4v) is 3.83. The molecule has 0 bridgehead atoms. The number of hydrogen-bond acceptors (Lipinski definition) is 6. The van der Waals surface area contributed by atoms with Crippen molar-refractivity contribution in [2.75, 3.05) is 38.7 Å². The molecule has 1 saturated heterocycles. The number of aromatic nitrogens is 3. The normalized spacial score (nSPS) is 17.2. The maximum atomic E-state index is 13.7. The Hall–Kier alpha value is -3.26. The van der Waals surface area contributed by atoms with Crippen molar-refractivity contribution in [3.63, 3.8) is 0 Å². The van der Waals surface area contributed by atoms with Gasteiger partial charge in [0.1, 0.15) is 11.6 Å². The maximum Gasteiger partial charge on any atom is 0.255 e. The molecule has 30 heavy (non-hydrogen) atoms. The molecule has 1 aliphatic heterocycles. The van der Waals surface area contributed by atoms with Gasteiger partial charge in [0.15, 0.2) is 0 Å². The van der Waals surface area contributed by atoms with Crippen LogP contribution in [0, 0.1) is 5.82 Å². The highest BCUT2D eigenvalue weighted by Crippen LogP contribution is 2.33. The number of likely N-dealkylation sites (N-methyl/N-ethyl adjacent to an activating group) is 1. The Morgan fingerprint density at radius 1 is 1.10 bits per heavy atom. The van der Waals surface area contributed by atoms with E-state index in [-0.39, 0.29) is 17.4 Å². The third-order valence-corrected chi connectivity index (χ3v) is 5.57. The number of nitrogens with zero attached hydrogens (tertiary/aromatic N) is 5. The molecule has 1 fully saturated rings. The van der Waals surface area contributed by atoms with E-state index in [0.717, 1.165) is 24.2 Å². The lowest BCUT2D eigenvalue weighted by Crippen LogP contribution is -2.48. The zero-order valence-electron chi connectivity index (χ0n) is 17.2. The second-order valence-electron chi connectivity index (χ2n) is 7.40. The standard InChI is InChI=1S/C22H24FN5O2/c1-26-10-11-28(14-19(26)17-5-4-16(23)12-20(17)30-3)22-25-18(13-21(29)27(22)2)15-6-8-24-9-7-15/h4-9,12-13,19H,10-11,14H2,1-3H3/t19-/m0/s1. The minimum atomic E-state index is -0.333. The Balaban J connectivity index is 1.72. The van der Waals surface area contributed by atoms with Crippen LogP contribution in [0.3, 0.4) is 0 Å². The Bertz CT molecular complexity index is 1100. The van der Waals surface area contributed by atoms with Crippen LogP contribution in [0.4, 0.5) is 10.3 Å². The van der Waals surface area contributed by atoms with Crippen molar-refractivity contribution >= 4 is 5.95 Å². The maximum absolute atomic E-state index is 13.7. The lowest BCUT2D eigenvalue weighted by atomic mass is 10.0. The van der Waals surface area contributed by atoms with E-state index in [1.807, 2.05) is 19.2 Å². The van der Waals surface area contributed by atoms with Gasteiger partial charge < -0.3 is 9.64 Å². The van der Waals surface area contributed by atoms with Crippen LogP contribution >= 0.6 is 0 Å². The summed E-state index contributed by atoms with van der Waals surface area (Å²) in [6, 6.07) is 9.79. The average Bonchev–Trinajstić information content (AvgIpc) is 2.76. The molecule has 0 radical (unpaired) electrons. The number of halogens is 1. The van der Waals surface area contributed by atoms with Gasteiger partial charge in [-0.3, -0.25) is 19.2 Å². The van der Waals surface area contributed by atoms with Gasteiger partial charge >= 0.3 is 0 Å². The number of pyridine rings is 1. The number of benzene rings is 1. The first-order valence-electron chi connectivity index (χ1n) is 9.75. The van der Waals surface area contributed by atoms with Crippen LogP contribution < -0.4 is 15.2 Å². The molecule has 0 unspecified atom stereocenters. The van der Waals surface area contributed by atoms with E-state index in [1.54, 1.807) is 37.2 Å². The fourth-order valence-electron chi connectivity index (χ4n) is 3.83. The monoisotopic (exact) mass is 409 g/mol. The van der Waals surface area contributed by atoms with Gasteiger partial charge in [-0.05, 0) is 25.2 Å². The minimum Gasteiger partial charge on any atom is -0.496 e. The van der Waals surface area contributed by atoms with Crippen molar-refractivity contribution in [2.24, 2.45) is 7.05 Å². The highest BCUT2D eigenvalue weighted by molar-refractivity contribution is 5.59. The van der Waals surface area contributed by atoms with Gasteiger partial charge in [0.2, 0.25) is 5.95 Å². The number of piperazine rings is 1. The first-order chi connectivity index (χ1) is 14.5. The van der Waals surface area contributed by atoms with Crippen molar-refractivity contribution in [2.45, 2.75) is 6.04 Å². The summed E-state index contributed by atoms with van der Waals surface area (Å²) in [4.78, 5) is 25.8. The van der Waals surface area contributed by atoms with E-state index < -0.39 is 0 Å². The first-order valence-corrected chi connectivity index (χ1v) is 9.75. The van der Waals surface area contributed by atoms with Crippen LogP contribution in [0.2, 0.25) is 0 Å². The van der Waals surface area contributed by atoms with Crippen molar-refractivity contribution < 1.29 is 9.13 Å². The summed E-state index contributed by atoms with van der Waals surface area (Å²) in [5, 5.41) is 0. The average molecular weight is 409 g/mol. The van der Waals surface area contributed by atoms with Crippen molar-refractivity contribution in [3.05, 3.63) is 70.5 Å². The second kappa shape index (κ2) is 8.23. The largest absolute Gasteiger partial charge is 0.496 e. The minimum absolute atomic E-state index is 0.0317. The van der Waals surface area contributed by atoms with E-state index in [1.165, 1.54) is 18.2 Å². The van der Waals surface area contributed by atoms with Gasteiger partial charge in [-0.15, -0.1) is 0 Å². The summed E-state index contributed by atoms with van der Waals surface area (Å²) in [6.45, 7) is 2.08. The molecule has 1 aromatic carbocycles. The molecule has 3 heterocycles. The van der Waals surface area contributed by atoms with Gasteiger partial charge in [0.25, 0.3) is 5.56 Å². The van der Waals surface area contributed by atoms with Gasteiger partial charge in [-0.1, -0.05) is 6.07 Å². The van der Waals surface area contributed by atoms with Crippen LogP contribution in [0.5, 0.6) is 5.75 Å². The summed E-state index contributed by atoms with van der Waals surface area (Å²) >= 11 is 0. The number of anilines is 1. The van der Waals surface area contributed by atoms with E-state index in [0.29, 0.717) is 23.9 Å². The molecule has 156 valence electrons. The highest BCUT2D eigenvalue weighted by atomic mass is 19.1. The Labute approximate surface area is 174 Å².